The van der Waals surface area contributed by atoms with Gasteiger partial charge in [-0.3, -0.25) is 14.5 Å². The zero-order valence-corrected chi connectivity index (χ0v) is 28.0. The lowest BCUT2D eigenvalue weighted by Gasteiger charge is -2.25. The third kappa shape index (κ3) is 13.1. The predicted molar refractivity (Wildman–Crippen MR) is 180 cm³/mol. The molecule has 4 rings (SSSR count). The van der Waals surface area contributed by atoms with Crippen LogP contribution in [0.2, 0.25) is 0 Å². The first-order valence-electron chi connectivity index (χ1n) is 16.5. The molecule has 0 aromatic heterocycles. The smallest absolute Gasteiger partial charge is 0.315 e. The summed E-state index contributed by atoms with van der Waals surface area (Å²) in [6.07, 6.45) is 10.9. The van der Waals surface area contributed by atoms with Crippen LogP contribution in [-0.4, -0.2) is 66.8 Å². The van der Waals surface area contributed by atoms with Gasteiger partial charge in [-0.15, -0.1) is 11.8 Å². The van der Waals surface area contributed by atoms with Crippen molar-refractivity contribution < 1.29 is 19.2 Å². The Balaban J connectivity index is 0.000000278. The van der Waals surface area contributed by atoms with Crippen LogP contribution in [-0.2, 0) is 27.2 Å². The van der Waals surface area contributed by atoms with Crippen molar-refractivity contribution in [3.8, 4) is 11.8 Å². The van der Waals surface area contributed by atoms with Crippen LogP contribution in [0.25, 0.3) is 0 Å². The summed E-state index contributed by atoms with van der Waals surface area (Å²) in [5, 5.41) is 8.63. The molecule has 0 spiro atoms. The zero-order valence-electron chi connectivity index (χ0n) is 28.0. The molecule has 5 N–H and O–H groups in total. The molecule has 3 aliphatic rings. The summed E-state index contributed by atoms with van der Waals surface area (Å²) in [5.41, 5.74) is 7.92. The third-order valence-electron chi connectivity index (χ3n) is 8.83. The molecule has 1 aromatic carbocycles. The maximum Gasteiger partial charge on any atom is 0.315 e. The Morgan fingerprint density at radius 1 is 1.04 bits per heavy atom. The van der Waals surface area contributed by atoms with Crippen molar-refractivity contribution in [3.05, 3.63) is 47.5 Å². The van der Waals surface area contributed by atoms with Gasteiger partial charge in [0.1, 0.15) is 6.29 Å². The van der Waals surface area contributed by atoms with E-state index in [1.54, 1.807) is 6.92 Å². The lowest BCUT2D eigenvalue weighted by Crippen LogP contribution is -2.49. The summed E-state index contributed by atoms with van der Waals surface area (Å²) < 4.78 is 0. The van der Waals surface area contributed by atoms with Crippen molar-refractivity contribution in [1.82, 2.24) is 20.9 Å². The number of nitrogens with two attached hydrogens (primary N) is 1. The van der Waals surface area contributed by atoms with Crippen molar-refractivity contribution >= 4 is 24.1 Å². The Kier molecular flexibility index (Phi) is 16.4. The monoisotopic (exact) mass is 621 g/mol. The molecule has 1 aromatic rings. The normalized spacial score (nSPS) is 19.4. The molecule has 248 valence electrons. The highest BCUT2D eigenvalue weighted by molar-refractivity contribution is 5.93. The van der Waals surface area contributed by atoms with E-state index in [9.17, 15) is 19.2 Å². The van der Waals surface area contributed by atoms with E-state index in [4.69, 9.17) is 5.73 Å². The first-order chi connectivity index (χ1) is 21.5. The maximum absolute atomic E-state index is 12.1. The standard InChI is InChI=1S/C18H24N2O2.C13H19N3O2.C5H12/c21-12-17(15-10-13-6-4-5-7-14(13)11-15)20-18(22)19-16-8-2-1-3-9-16;1-9(12(14)17)10(2)15-13(18)11-7-5-4-6-8-16(11)3;1-4-5(2)3/h4-7,12,15-17H,1-3,8-11H2,(H2,19,20,22);10-11H,1,6-8H2,2-3H3,(H2,14,17)(H,15,18);5H,4H2,1-3H3. The largest absolute Gasteiger partial charge is 0.366 e. The van der Waals surface area contributed by atoms with E-state index in [-0.39, 0.29) is 35.5 Å². The minimum atomic E-state index is -0.600. The van der Waals surface area contributed by atoms with Gasteiger partial charge in [0.05, 0.1) is 18.1 Å². The molecular formula is C36H55N5O4. The van der Waals surface area contributed by atoms with Gasteiger partial charge in [0.25, 0.3) is 0 Å². The van der Waals surface area contributed by atoms with Crippen LogP contribution in [0.1, 0.15) is 90.2 Å². The number of fused-ring (bicyclic) bond motifs is 1. The molecule has 3 unspecified atom stereocenters. The molecule has 1 heterocycles. The second-order valence-corrected chi connectivity index (χ2v) is 12.8. The number of hydrogen-bond acceptors (Lipinski definition) is 5. The molecule has 0 saturated heterocycles. The first kappa shape index (κ1) is 37.5. The van der Waals surface area contributed by atoms with Gasteiger partial charge in [-0.05, 0) is 62.6 Å². The van der Waals surface area contributed by atoms with Crippen LogP contribution in [0.5, 0.6) is 0 Å². The maximum atomic E-state index is 12.1. The van der Waals surface area contributed by atoms with Gasteiger partial charge in [0.2, 0.25) is 11.8 Å². The Bertz CT molecular complexity index is 1170. The molecule has 0 radical (unpaired) electrons. The second-order valence-electron chi connectivity index (χ2n) is 12.8. The van der Waals surface area contributed by atoms with E-state index >= 15 is 0 Å². The topological polar surface area (TPSA) is 134 Å². The van der Waals surface area contributed by atoms with Crippen LogP contribution >= 0.6 is 0 Å². The molecule has 3 atom stereocenters. The van der Waals surface area contributed by atoms with Crippen LogP contribution in [0.4, 0.5) is 4.79 Å². The number of rotatable bonds is 9. The molecule has 1 aliphatic heterocycles. The van der Waals surface area contributed by atoms with E-state index in [2.05, 4.69) is 67.3 Å². The number of carbonyl (C=O) groups excluding carboxylic acids is 4. The van der Waals surface area contributed by atoms with Gasteiger partial charge in [0, 0.05) is 31.0 Å². The molecule has 1 saturated carbocycles. The quantitative estimate of drug-likeness (QED) is 0.186. The van der Waals surface area contributed by atoms with Gasteiger partial charge in [0.15, 0.2) is 0 Å². The number of amides is 4. The van der Waals surface area contributed by atoms with E-state index in [0.29, 0.717) is 6.42 Å². The van der Waals surface area contributed by atoms with Crippen molar-refractivity contribution in [2.75, 3.05) is 13.6 Å². The number of likely N-dealkylation sites (N-methyl/N-ethyl adjacent to an activating group) is 1. The van der Waals surface area contributed by atoms with E-state index in [1.165, 1.54) is 36.8 Å². The molecule has 9 heteroatoms. The molecule has 1 fully saturated rings. The summed E-state index contributed by atoms with van der Waals surface area (Å²) in [7, 11) is 1.88. The Morgan fingerprint density at radius 2 is 1.64 bits per heavy atom. The summed E-state index contributed by atoms with van der Waals surface area (Å²) in [6, 6.07) is 7.19. The fraction of sp³-hybridized carbons (Fsp3) is 0.611. The molecule has 45 heavy (non-hydrogen) atoms. The highest BCUT2D eigenvalue weighted by Crippen LogP contribution is 2.28. The van der Waals surface area contributed by atoms with Crippen molar-refractivity contribution in [1.29, 1.82) is 0 Å². The zero-order chi connectivity index (χ0) is 33.4. The van der Waals surface area contributed by atoms with Crippen molar-refractivity contribution in [2.45, 2.75) is 116 Å². The number of carbonyl (C=O) groups is 4. The van der Waals surface area contributed by atoms with Gasteiger partial charge >= 0.3 is 6.03 Å². The molecule has 9 nitrogen and oxygen atoms in total. The molecule has 4 amide bonds. The highest BCUT2D eigenvalue weighted by atomic mass is 16.2. The van der Waals surface area contributed by atoms with E-state index in [1.807, 2.05) is 24.1 Å². The van der Waals surface area contributed by atoms with Crippen LogP contribution in [0.15, 0.2) is 36.4 Å². The Morgan fingerprint density at radius 3 is 2.18 bits per heavy atom. The summed E-state index contributed by atoms with van der Waals surface area (Å²) in [6.45, 7) is 12.7. The summed E-state index contributed by atoms with van der Waals surface area (Å²) >= 11 is 0. The average Bonchev–Trinajstić information content (AvgIpc) is 3.34. The SMILES string of the molecule is C=C(C(N)=O)C(C)NC(=O)C1CC#CCCN1C.CCC(C)C.O=CC(NC(=O)NC1CCCCC1)C1Cc2ccccc2C1. The van der Waals surface area contributed by atoms with Gasteiger partial charge in [-0.25, -0.2) is 4.79 Å². The highest BCUT2D eigenvalue weighted by Gasteiger charge is 2.30. The molecule has 0 bridgehead atoms. The summed E-state index contributed by atoms with van der Waals surface area (Å²) in [4.78, 5) is 48.5. The lowest BCUT2D eigenvalue weighted by molar-refractivity contribution is -0.126. The molecular weight excluding hydrogens is 566 g/mol. The fourth-order valence-electron chi connectivity index (χ4n) is 5.44. The minimum absolute atomic E-state index is 0.149. The number of nitrogens with zero attached hydrogens (tertiary/aromatic N) is 1. The average molecular weight is 622 g/mol. The lowest BCUT2D eigenvalue weighted by atomic mass is 9.95. The minimum Gasteiger partial charge on any atom is -0.366 e. The van der Waals surface area contributed by atoms with E-state index < -0.39 is 18.0 Å². The molecule has 2 aliphatic carbocycles. The van der Waals surface area contributed by atoms with Crippen LogP contribution in [0.3, 0.4) is 0 Å². The number of aldehydes is 1. The predicted octanol–water partition coefficient (Wildman–Crippen LogP) is 4.28. The van der Waals surface area contributed by atoms with Gasteiger partial charge in [-0.2, -0.15) is 0 Å². The second kappa shape index (κ2) is 19.7. The van der Waals surface area contributed by atoms with Crippen LogP contribution < -0.4 is 21.7 Å². The van der Waals surface area contributed by atoms with Crippen molar-refractivity contribution in [2.24, 2.45) is 17.6 Å². The number of hydrogen-bond donors (Lipinski definition) is 4. The number of urea groups is 1. The number of benzene rings is 1. The van der Waals surface area contributed by atoms with Crippen LogP contribution in [0, 0.1) is 23.7 Å². The fourth-order valence-corrected chi connectivity index (χ4v) is 5.44. The van der Waals surface area contributed by atoms with Crippen molar-refractivity contribution in [3.63, 3.8) is 0 Å². The Hall–Kier alpha value is -3.64. The first-order valence-corrected chi connectivity index (χ1v) is 16.5. The van der Waals surface area contributed by atoms with Gasteiger partial charge < -0.3 is 26.5 Å². The number of nitrogens with one attached hydrogen (secondary N) is 3. The van der Waals surface area contributed by atoms with Gasteiger partial charge in [-0.1, -0.05) is 77.3 Å². The Labute approximate surface area is 270 Å². The summed E-state index contributed by atoms with van der Waals surface area (Å²) in [5.74, 6) is 6.27. The number of primary amides is 1. The third-order valence-corrected chi connectivity index (χ3v) is 8.83. The van der Waals surface area contributed by atoms with E-state index in [0.717, 1.165) is 50.9 Å².